The Kier molecular flexibility index (Phi) is 8.79. The number of methoxy groups -OCH3 is 1. The minimum Gasteiger partial charge on any atom is -0.444 e. The molecule has 0 unspecified atom stereocenters. The van der Waals surface area contributed by atoms with E-state index in [1.807, 2.05) is 32.9 Å². The molecule has 0 fully saturated rings. The molecule has 0 atom stereocenters. The maximum absolute atomic E-state index is 12.1. The number of nitrogens with one attached hydrogen (secondary N) is 3. The summed E-state index contributed by atoms with van der Waals surface area (Å²) in [6.07, 6.45) is 4.74. The van der Waals surface area contributed by atoms with E-state index in [-0.39, 0.29) is 12.3 Å². The van der Waals surface area contributed by atoms with Gasteiger partial charge >= 0.3 is 6.09 Å². The van der Waals surface area contributed by atoms with E-state index in [4.69, 9.17) is 9.47 Å². The smallest absolute Gasteiger partial charge is 0.407 e. The topological polar surface area (TPSA) is 114 Å². The predicted octanol–water partition coefficient (Wildman–Crippen LogP) is 3.32. The van der Waals surface area contributed by atoms with E-state index in [0.717, 1.165) is 24.0 Å². The molecule has 0 aliphatic heterocycles. The Morgan fingerprint density at radius 1 is 1.13 bits per heavy atom. The highest BCUT2D eigenvalue weighted by molar-refractivity contribution is 6.01. The van der Waals surface area contributed by atoms with Gasteiger partial charge in [0.15, 0.2) is 0 Å². The first-order valence-corrected chi connectivity index (χ1v) is 10.0. The third-order valence-electron chi connectivity index (χ3n) is 4.01. The normalized spacial score (nSPS) is 11.2. The molecule has 0 aliphatic rings. The Morgan fingerprint density at radius 2 is 1.90 bits per heavy atom. The first kappa shape index (κ1) is 23.3. The number of pyridine rings is 2. The molecular weight excluding hydrogens is 386 g/mol. The highest BCUT2D eigenvalue weighted by Crippen LogP contribution is 2.28. The number of carbonyl (C=O) groups is 2. The Morgan fingerprint density at radius 3 is 2.63 bits per heavy atom. The minimum atomic E-state index is -0.509. The fourth-order valence-corrected chi connectivity index (χ4v) is 2.67. The van der Waals surface area contributed by atoms with Gasteiger partial charge in [-0.1, -0.05) is 0 Å². The van der Waals surface area contributed by atoms with Crippen LogP contribution >= 0.6 is 0 Å². The third kappa shape index (κ3) is 7.82. The van der Waals surface area contributed by atoms with Crippen molar-refractivity contribution in [3.8, 4) is 0 Å². The summed E-state index contributed by atoms with van der Waals surface area (Å²) in [6, 6.07) is 3.69. The maximum Gasteiger partial charge on any atom is 0.407 e. The standard InChI is InChI=1S/C21H31N5O4/c1-21(2,3)30-20(28)24-11-6-5-10-22-19-16(26-17(27)9-13-29-4)14-25-15-8-7-12-23-18(15)19/h7-8,12,14H,5-6,9-11,13H2,1-4H3,(H,22,25)(H,24,28)(H,26,27). The Bertz CT molecular complexity index is 851. The molecular formula is C21H31N5O4. The number of nitrogens with zero attached hydrogens (tertiary/aromatic N) is 2. The van der Waals surface area contributed by atoms with Crippen molar-refractivity contribution in [2.45, 2.75) is 45.6 Å². The fourth-order valence-electron chi connectivity index (χ4n) is 2.67. The fraction of sp³-hybridized carbons (Fsp3) is 0.524. The molecule has 0 aromatic carbocycles. The SMILES string of the molecule is COCCC(=O)Nc1cnc2cccnc2c1NCCCCNC(=O)OC(C)(C)C. The van der Waals surface area contributed by atoms with E-state index in [0.29, 0.717) is 30.9 Å². The van der Waals surface area contributed by atoms with E-state index in [2.05, 4.69) is 25.9 Å². The lowest BCUT2D eigenvalue weighted by Crippen LogP contribution is -2.33. The van der Waals surface area contributed by atoms with E-state index >= 15 is 0 Å². The zero-order valence-corrected chi connectivity index (χ0v) is 18.1. The van der Waals surface area contributed by atoms with Crippen molar-refractivity contribution in [1.82, 2.24) is 15.3 Å². The molecule has 0 aliphatic carbocycles. The number of rotatable bonds is 10. The molecule has 0 saturated carbocycles. The van der Waals surface area contributed by atoms with Gasteiger partial charge in [0.1, 0.15) is 11.1 Å². The summed E-state index contributed by atoms with van der Waals surface area (Å²) < 4.78 is 10.2. The number of alkyl carbamates (subject to hydrolysis) is 1. The molecule has 9 heteroatoms. The van der Waals surface area contributed by atoms with E-state index in [1.165, 1.54) is 0 Å². The summed E-state index contributed by atoms with van der Waals surface area (Å²) in [6.45, 7) is 7.00. The van der Waals surface area contributed by atoms with Gasteiger partial charge < -0.3 is 25.4 Å². The van der Waals surface area contributed by atoms with Crippen molar-refractivity contribution in [2.24, 2.45) is 0 Å². The number of ether oxygens (including phenoxy) is 2. The Labute approximate surface area is 176 Å². The van der Waals surface area contributed by atoms with Crippen LogP contribution in [0.3, 0.4) is 0 Å². The molecule has 2 aromatic heterocycles. The molecule has 0 spiro atoms. The molecule has 2 amide bonds. The van der Waals surface area contributed by atoms with E-state index in [1.54, 1.807) is 19.5 Å². The molecule has 3 N–H and O–H groups in total. The van der Waals surface area contributed by atoms with Crippen molar-refractivity contribution in [3.63, 3.8) is 0 Å². The monoisotopic (exact) mass is 417 g/mol. The number of amides is 2. The predicted molar refractivity (Wildman–Crippen MR) is 117 cm³/mol. The Balaban J connectivity index is 1.92. The number of carbonyl (C=O) groups excluding carboxylic acids is 2. The molecule has 2 aromatic rings. The molecule has 2 rings (SSSR count). The van der Waals surface area contributed by atoms with Gasteiger partial charge in [0, 0.05) is 26.4 Å². The number of hydrogen-bond acceptors (Lipinski definition) is 7. The number of hydrogen-bond donors (Lipinski definition) is 3. The second kappa shape index (κ2) is 11.3. The van der Waals surface area contributed by atoms with Crippen LogP contribution in [0, 0.1) is 0 Å². The largest absolute Gasteiger partial charge is 0.444 e. The minimum absolute atomic E-state index is 0.154. The summed E-state index contributed by atoms with van der Waals surface area (Å²) in [5, 5.41) is 8.96. The lowest BCUT2D eigenvalue weighted by atomic mass is 10.2. The second-order valence-electron chi connectivity index (χ2n) is 7.77. The number of unbranched alkanes of at least 4 members (excludes halogenated alkanes) is 1. The first-order valence-electron chi connectivity index (χ1n) is 10.0. The quantitative estimate of drug-likeness (QED) is 0.508. The highest BCUT2D eigenvalue weighted by Gasteiger charge is 2.15. The van der Waals surface area contributed by atoms with Crippen LogP contribution in [-0.2, 0) is 14.3 Å². The van der Waals surface area contributed by atoms with Crippen LogP contribution in [0.5, 0.6) is 0 Å². The summed E-state index contributed by atoms with van der Waals surface area (Å²) in [7, 11) is 1.56. The van der Waals surface area contributed by atoms with Crippen LogP contribution < -0.4 is 16.0 Å². The average molecular weight is 418 g/mol. The third-order valence-corrected chi connectivity index (χ3v) is 4.01. The van der Waals surface area contributed by atoms with E-state index in [9.17, 15) is 9.59 Å². The lowest BCUT2D eigenvalue weighted by molar-refractivity contribution is -0.117. The molecule has 2 heterocycles. The number of anilines is 2. The first-order chi connectivity index (χ1) is 14.3. The van der Waals surface area contributed by atoms with Crippen LogP contribution in [0.15, 0.2) is 24.5 Å². The average Bonchev–Trinajstić information content (AvgIpc) is 2.68. The number of aromatic nitrogens is 2. The van der Waals surface area contributed by atoms with Gasteiger partial charge in [0.05, 0.1) is 36.1 Å². The highest BCUT2D eigenvalue weighted by atomic mass is 16.6. The zero-order chi connectivity index (χ0) is 22.0. The summed E-state index contributed by atoms with van der Waals surface area (Å²) >= 11 is 0. The maximum atomic E-state index is 12.1. The zero-order valence-electron chi connectivity index (χ0n) is 18.1. The molecule has 0 bridgehead atoms. The van der Waals surface area contributed by atoms with Gasteiger partial charge in [0.25, 0.3) is 0 Å². The lowest BCUT2D eigenvalue weighted by Gasteiger charge is -2.19. The van der Waals surface area contributed by atoms with Crippen LogP contribution in [0.25, 0.3) is 11.0 Å². The molecule has 0 radical (unpaired) electrons. The van der Waals surface area contributed by atoms with Crippen LogP contribution in [0.1, 0.15) is 40.0 Å². The molecule has 9 nitrogen and oxygen atoms in total. The molecule has 164 valence electrons. The van der Waals surface area contributed by atoms with Gasteiger partial charge in [-0.15, -0.1) is 0 Å². The van der Waals surface area contributed by atoms with E-state index < -0.39 is 11.7 Å². The van der Waals surface area contributed by atoms with Gasteiger partial charge in [-0.3, -0.25) is 14.8 Å². The molecule has 0 saturated heterocycles. The van der Waals surface area contributed by atoms with Crippen molar-refractivity contribution in [1.29, 1.82) is 0 Å². The van der Waals surface area contributed by atoms with Crippen LogP contribution in [0.2, 0.25) is 0 Å². The Hall–Kier alpha value is -2.94. The second-order valence-corrected chi connectivity index (χ2v) is 7.77. The van der Waals surface area contributed by atoms with Crippen molar-refractivity contribution in [3.05, 3.63) is 24.5 Å². The summed E-state index contributed by atoms with van der Waals surface area (Å²) in [5.74, 6) is -0.154. The van der Waals surface area contributed by atoms with Gasteiger partial charge in [-0.25, -0.2) is 4.79 Å². The van der Waals surface area contributed by atoms with Crippen LogP contribution in [-0.4, -0.2) is 54.4 Å². The summed E-state index contributed by atoms with van der Waals surface area (Å²) in [5.41, 5.74) is 2.22. The van der Waals surface area contributed by atoms with Crippen molar-refractivity contribution < 1.29 is 19.1 Å². The van der Waals surface area contributed by atoms with Gasteiger partial charge in [-0.05, 0) is 45.7 Å². The van der Waals surface area contributed by atoms with Gasteiger partial charge in [-0.2, -0.15) is 0 Å². The number of fused-ring (bicyclic) bond motifs is 1. The van der Waals surface area contributed by atoms with Gasteiger partial charge in [0.2, 0.25) is 5.91 Å². The van der Waals surface area contributed by atoms with Crippen LogP contribution in [0.4, 0.5) is 16.2 Å². The summed E-state index contributed by atoms with van der Waals surface area (Å²) in [4.78, 5) is 32.6. The van der Waals surface area contributed by atoms with Crippen molar-refractivity contribution >= 4 is 34.4 Å². The van der Waals surface area contributed by atoms with Crippen molar-refractivity contribution in [2.75, 3.05) is 37.4 Å². The molecule has 30 heavy (non-hydrogen) atoms.